The van der Waals surface area contributed by atoms with Crippen molar-refractivity contribution < 1.29 is 31.1 Å². The molecule has 7 nitrogen and oxygen atoms in total. The maximum Gasteiger partial charge on any atom is 0.358 e. The number of halogens is 3. The first kappa shape index (κ1) is 21.6. The van der Waals surface area contributed by atoms with Crippen LogP contribution in [0.4, 0.5) is 18.9 Å². The quantitative estimate of drug-likeness (QED) is 0.663. The standard InChI is InChI=1S/C20H20F3N3O4S/c1-12-9-16-15(11-24-12)18(21)26(20(16,22)23)19(27)14-10-13(31(2,28)29)3-4-17(14)25-5-7-30-8-6-25/h3-4,9-11,18H,5-8H2,1-2H3. The summed E-state index contributed by atoms with van der Waals surface area (Å²) in [4.78, 5) is 18.5. The van der Waals surface area contributed by atoms with Crippen molar-refractivity contribution in [1.82, 2.24) is 9.88 Å². The molecule has 31 heavy (non-hydrogen) atoms. The van der Waals surface area contributed by atoms with Crippen LogP contribution < -0.4 is 4.90 Å². The van der Waals surface area contributed by atoms with Crippen LogP contribution in [-0.4, -0.2) is 56.8 Å². The summed E-state index contributed by atoms with van der Waals surface area (Å²) in [7, 11) is -3.74. The summed E-state index contributed by atoms with van der Waals surface area (Å²) in [5.41, 5.74) is -0.837. The minimum atomic E-state index is -3.93. The first-order chi connectivity index (χ1) is 14.5. The van der Waals surface area contributed by atoms with E-state index < -0.39 is 39.2 Å². The van der Waals surface area contributed by atoms with Crippen molar-refractivity contribution in [3.63, 3.8) is 0 Å². The fourth-order valence-corrected chi connectivity index (χ4v) is 4.44. The number of benzene rings is 1. The average Bonchev–Trinajstić information content (AvgIpc) is 2.92. The van der Waals surface area contributed by atoms with Crippen molar-refractivity contribution in [2.45, 2.75) is 24.2 Å². The van der Waals surface area contributed by atoms with E-state index in [4.69, 9.17) is 4.74 Å². The molecule has 1 aromatic heterocycles. The molecule has 3 heterocycles. The van der Waals surface area contributed by atoms with Gasteiger partial charge >= 0.3 is 6.05 Å². The summed E-state index contributed by atoms with van der Waals surface area (Å²) < 4.78 is 74.8. The zero-order chi connectivity index (χ0) is 22.6. The van der Waals surface area contributed by atoms with Gasteiger partial charge in [-0.05, 0) is 31.2 Å². The molecular weight excluding hydrogens is 435 g/mol. The Balaban J connectivity index is 1.83. The van der Waals surface area contributed by atoms with Gasteiger partial charge in [-0.25, -0.2) is 17.7 Å². The topological polar surface area (TPSA) is 79.8 Å². The highest BCUT2D eigenvalue weighted by Crippen LogP contribution is 2.50. The van der Waals surface area contributed by atoms with Crippen molar-refractivity contribution in [1.29, 1.82) is 0 Å². The molecule has 2 aromatic rings. The minimum Gasteiger partial charge on any atom is -0.378 e. The van der Waals surface area contributed by atoms with Crippen LogP contribution in [0.5, 0.6) is 0 Å². The maximum absolute atomic E-state index is 15.2. The van der Waals surface area contributed by atoms with E-state index in [0.717, 1.165) is 24.6 Å². The van der Waals surface area contributed by atoms with Gasteiger partial charge in [-0.1, -0.05) is 0 Å². The van der Waals surface area contributed by atoms with Crippen LogP contribution in [0.25, 0.3) is 0 Å². The van der Waals surface area contributed by atoms with E-state index in [9.17, 15) is 13.2 Å². The molecule has 1 fully saturated rings. The molecule has 0 bridgehead atoms. The normalized spacial score (nSPS) is 20.6. The van der Waals surface area contributed by atoms with E-state index in [1.165, 1.54) is 19.1 Å². The first-order valence-corrected chi connectivity index (χ1v) is 11.4. The number of anilines is 1. The predicted molar refractivity (Wildman–Crippen MR) is 105 cm³/mol. The molecule has 0 radical (unpaired) electrons. The number of carbonyl (C=O) groups is 1. The Morgan fingerprint density at radius 1 is 1.23 bits per heavy atom. The van der Waals surface area contributed by atoms with Gasteiger partial charge in [-0.2, -0.15) is 8.78 Å². The molecule has 2 aliphatic heterocycles. The number of fused-ring (bicyclic) bond motifs is 1. The lowest BCUT2D eigenvalue weighted by Crippen LogP contribution is -2.42. The molecule has 0 saturated carbocycles. The Morgan fingerprint density at radius 3 is 2.55 bits per heavy atom. The fourth-order valence-electron chi connectivity index (χ4n) is 3.79. The van der Waals surface area contributed by atoms with E-state index in [2.05, 4.69) is 4.98 Å². The van der Waals surface area contributed by atoms with Gasteiger partial charge in [0, 0.05) is 42.5 Å². The van der Waals surface area contributed by atoms with Gasteiger partial charge in [0.05, 0.1) is 29.2 Å². The number of ether oxygens (including phenoxy) is 1. The molecular formula is C20H20F3N3O4S. The number of hydrogen-bond acceptors (Lipinski definition) is 6. The molecule has 1 saturated heterocycles. The summed E-state index contributed by atoms with van der Waals surface area (Å²) >= 11 is 0. The fraction of sp³-hybridized carbons (Fsp3) is 0.400. The van der Waals surface area contributed by atoms with Gasteiger partial charge in [0.25, 0.3) is 5.91 Å². The van der Waals surface area contributed by atoms with E-state index in [0.29, 0.717) is 26.3 Å². The van der Waals surface area contributed by atoms with Gasteiger partial charge in [0.1, 0.15) is 0 Å². The molecule has 11 heteroatoms. The molecule has 2 aliphatic rings. The molecule has 1 amide bonds. The number of sulfone groups is 1. The van der Waals surface area contributed by atoms with Crippen LogP contribution >= 0.6 is 0 Å². The zero-order valence-corrected chi connectivity index (χ0v) is 17.6. The lowest BCUT2D eigenvalue weighted by atomic mass is 10.1. The third-order valence-electron chi connectivity index (χ3n) is 5.38. The third kappa shape index (κ3) is 3.65. The van der Waals surface area contributed by atoms with Gasteiger partial charge in [-0.3, -0.25) is 9.78 Å². The van der Waals surface area contributed by atoms with Gasteiger partial charge in [-0.15, -0.1) is 0 Å². The molecule has 4 rings (SSSR count). The third-order valence-corrected chi connectivity index (χ3v) is 6.49. The molecule has 0 aliphatic carbocycles. The number of morpholine rings is 1. The van der Waals surface area contributed by atoms with Crippen LogP contribution in [0.1, 0.15) is 33.5 Å². The Labute approximate surface area is 177 Å². The van der Waals surface area contributed by atoms with E-state index in [-0.39, 0.29) is 26.7 Å². The van der Waals surface area contributed by atoms with Crippen LogP contribution in [-0.2, 0) is 20.6 Å². The summed E-state index contributed by atoms with van der Waals surface area (Å²) in [5.74, 6) is -1.31. The number of rotatable bonds is 3. The number of pyridine rings is 1. The van der Waals surface area contributed by atoms with Crippen molar-refractivity contribution in [2.75, 3.05) is 37.5 Å². The highest BCUT2D eigenvalue weighted by molar-refractivity contribution is 7.90. The second kappa shape index (κ2) is 7.49. The SMILES string of the molecule is Cc1cc2c(cn1)C(F)N(C(=O)c1cc(S(C)(=O)=O)ccc1N1CCOCC1)C2(F)F. The Hall–Kier alpha value is -2.66. The summed E-state index contributed by atoms with van der Waals surface area (Å²) in [5, 5.41) is 0. The van der Waals surface area contributed by atoms with Gasteiger partial charge < -0.3 is 9.64 Å². The van der Waals surface area contributed by atoms with Crippen LogP contribution in [0, 0.1) is 6.92 Å². The number of aromatic nitrogens is 1. The molecule has 1 atom stereocenters. The highest BCUT2D eigenvalue weighted by atomic mass is 32.2. The Morgan fingerprint density at radius 2 is 1.90 bits per heavy atom. The largest absolute Gasteiger partial charge is 0.378 e. The molecule has 0 N–H and O–H groups in total. The first-order valence-electron chi connectivity index (χ1n) is 9.51. The lowest BCUT2D eigenvalue weighted by Gasteiger charge is -2.32. The van der Waals surface area contributed by atoms with Crippen molar-refractivity contribution in [2.24, 2.45) is 0 Å². The van der Waals surface area contributed by atoms with Crippen LogP contribution in [0.3, 0.4) is 0 Å². The maximum atomic E-state index is 15.2. The van der Waals surface area contributed by atoms with Crippen molar-refractivity contribution in [3.05, 3.63) is 52.8 Å². The summed E-state index contributed by atoms with van der Waals surface area (Å²) in [6, 6.07) is 0.828. The number of alkyl halides is 3. The molecule has 1 aromatic carbocycles. The molecule has 1 unspecified atom stereocenters. The molecule has 0 spiro atoms. The van der Waals surface area contributed by atoms with Crippen molar-refractivity contribution >= 4 is 21.4 Å². The second-order valence-electron chi connectivity index (χ2n) is 7.52. The number of hydrogen-bond donors (Lipinski definition) is 0. The van der Waals surface area contributed by atoms with Crippen molar-refractivity contribution in [3.8, 4) is 0 Å². The smallest absolute Gasteiger partial charge is 0.358 e. The number of nitrogens with zero attached hydrogens (tertiary/aromatic N) is 3. The summed E-state index contributed by atoms with van der Waals surface area (Å²) in [6.07, 6.45) is -0.491. The average molecular weight is 455 g/mol. The zero-order valence-electron chi connectivity index (χ0n) is 16.8. The highest BCUT2D eigenvalue weighted by Gasteiger charge is 2.56. The number of aryl methyl sites for hydroxylation is 1. The number of carbonyl (C=O) groups excluding carboxylic acids is 1. The van der Waals surface area contributed by atoms with E-state index in [1.807, 2.05) is 0 Å². The Bertz CT molecular complexity index is 1150. The lowest BCUT2D eigenvalue weighted by molar-refractivity contribution is -0.151. The van der Waals surface area contributed by atoms with Crippen LogP contribution in [0.15, 0.2) is 35.4 Å². The monoisotopic (exact) mass is 455 g/mol. The van der Waals surface area contributed by atoms with E-state index >= 15 is 13.2 Å². The number of amides is 1. The Kier molecular flexibility index (Phi) is 5.21. The van der Waals surface area contributed by atoms with Crippen LogP contribution in [0.2, 0.25) is 0 Å². The van der Waals surface area contributed by atoms with E-state index in [1.54, 1.807) is 4.90 Å². The minimum absolute atomic E-state index is 0.149. The second-order valence-corrected chi connectivity index (χ2v) is 9.53. The predicted octanol–water partition coefficient (Wildman–Crippen LogP) is 2.80. The summed E-state index contributed by atoms with van der Waals surface area (Å²) in [6.45, 7) is 2.93. The van der Waals surface area contributed by atoms with Gasteiger partial charge in [0.2, 0.25) is 6.30 Å². The molecule has 166 valence electrons. The van der Waals surface area contributed by atoms with Gasteiger partial charge in [0.15, 0.2) is 9.84 Å².